The molecule has 29 heavy (non-hydrogen) atoms. The number of nitrogens with one attached hydrogen (secondary N) is 1. The van der Waals surface area contributed by atoms with Crippen molar-refractivity contribution < 1.29 is 36.2 Å². The highest BCUT2D eigenvalue weighted by Crippen LogP contribution is 2.50. The molecule has 0 spiro atoms. The smallest absolute Gasteiger partial charge is 0.364 e. The van der Waals surface area contributed by atoms with Crippen molar-refractivity contribution in [3.05, 3.63) is 65.3 Å². The van der Waals surface area contributed by atoms with Crippen molar-refractivity contribution >= 4 is 34.6 Å². The van der Waals surface area contributed by atoms with Crippen molar-refractivity contribution in [2.24, 2.45) is 5.73 Å². The summed E-state index contributed by atoms with van der Waals surface area (Å²) < 4.78 is 77.8. The lowest BCUT2D eigenvalue weighted by Crippen LogP contribution is -2.51. The molecule has 16 heteroatoms. The molecule has 3 N–H and O–H groups in total. The molecule has 0 saturated carbocycles. The number of benzene rings is 1. The number of rotatable bonds is 3. The molecule has 0 aromatic heterocycles. The predicted octanol–water partition coefficient (Wildman–Crippen LogP) is 4.46. The molecular weight excluding hydrogens is 461 g/mol. The van der Waals surface area contributed by atoms with Crippen LogP contribution in [0.2, 0.25) is 5.02 Å². The Balaban J connectivity index is 2.91. The number of dihydropyridines is 1. The van der Waals surface area contributed by atoms with Crippen molar-refractivity contribution in [1.29, 1.82) is 0 Å². The average molecular weight is 467 g/mol. The maximum absolute atomic E-state index is 13.1. The van der Waals surface area contributed by atoms with Crippen molar-refractivity contribution in [3.8, 4) is 0 Å². The number of nitro groups is 2. The Morgan fingerprint density at radius 2 is 1.59 bits per heavy atom. The summed E-state index contributed by atoms with van der Waals surface area (Å²) in [5.74, 6) is 0. The molecule has 1 aromatic carbocycles. The number of allylic oxidation sites excluding steroid dienone is 2. The van der Waals surface area contributed by atoms with E-state index in [2.05, 4.69) is 0 Å². The van der Waals surface area contributed by atoms with Gasteiger partial charge in [0.15, 0.2) is 11.2 Å². The van der Waals surface area contributed by atoms with Gasteiger partial charge in [-0.2, -0.15) is 26.3 Å². The minimum absolute atomic E-state index is 0.117. The highest BCUT2D eigenvalue weighted by molar-refractivity contribution is 6.34. The van der Waals surface area contributed by atoms with E-state index in [9.17, 15) is 46.6 Å². The van der Waals surface area contributed by atoms with Gasteiger partial charge in [0.2, 0.25) is 0 Å². The second-order valence-electron chi connectivity index (χ2n) is 5.53. The molecule has 1 aliphatic heterocycles. The molecule has 1 aromatic rings. The van der Waals surface area contributed by atoms with Gasteiger partial charge in [0.05, 0.1) is 26.0 Å². The average Bonchev–Trinajstić information content (AvgIpc) is 2.54. The Labute approximate surface area is 165 Å². The van der Waals surface area contributed by atoms with Crippen molar-refractivity contribution in [2.45, 2.75) is 18.0 Å². The Morgan fingerprint density at radius 3 is 1.97 bits per heavy atom. The number of nitrogens with zero attached hydrogens (tertiary/aromatic N) is 2. The molecule has 1 unspecified atom stereocenters. The van der Waals surface area contributed by atoms with Crippen LogP contribution in [-0.2, 0) is 11.8 Å². The predicted molar refractivity (Wildman–Crippen MR) is 86.8 cm³/mol. The van der Waals surface area contributed by atoms with Crippen LogP contribution in [0.1, 0.15) is 11.1 Å². The Morgan fingerprint density at radius 1 is 1.03 bits per heavy atom. The number of hydrogen-bond acceptors (Lipinski definition) is 6. The maximum atomic E-state index is 13.1. The molecule has 1 aliphatic rings. The molecule has 0 fully saturated rings. The van der Waals surface area contributed by atoms with E-state index in [0.29, 0.717) is 0 Å². The van der Waals surface area contributed by atoms with E-state index >= 15 is 0 Å². The second-order valence-corrected chi connectivity index (χ2v) is 6.32. The Hall–Kier alpha value is -2.58. The molecule has 1 heterocycles. The second kappa shape index (κ2) is 7.03. The fourth-order valence-electron chi connectivity index (χ4n) is 2.45. The summed E-state index contributed by atoms with van der Waals surface area (Å²) in [6.07, 6.45) is -9.83. The lowest BCUT2D eigenvalue weighted by Gasteiger charge is -2.33. The van der Waals surface area contributed by atoms with Crippen LogP contribution >= 0.6 is 23.2 Å². The first-order valence-corrected chi connectivity index (χ1v) is 7.72. The number of hydrogen-bond donors (Lipinski definition) is 2. The number of nitro benzene ring substituents is 2. The van der Waals surface area contributed by atoms with E-state index in [4.69, 9.17) is 28.9 Å². The normalized spacial score (nSPS) is 19.9. The van der Waals surface area contributed by atoms with Gasteiger partial charge in [-0.05, 0) is 6.08 Å². The van der Waals surface area contributed by atoms with Gasteiger partial charge in [-0.1, -0.05) is 23.2 Å². The molecular formula is C13H6Cl2F6N4O4. The van der Waals surface area contributed by atoms with E-state index in [1.807, 2.05) is 5.32 Å². The summed E-state index contributed by atoms with van der Waals surface area (Å²) >= 11 is 11.2. The van der Waals surface area contributed by atoms with Gasteiger partial charge in [0.25, 0.3) is 5.69 Å². The van der Waals surface area contributed by atoms with Crippen LogP contribution in [0.15, 0.2) is 28.9 Å². The third-order valence-corrected chi connectivity index (χ3v) is 4.53. The summed E-state index contributed by atoms with van der Waals surface area (Å²) in [7, 11) is 0. The van der Waals surface area contributed by atoms with Crippen LogP contribution in [0.4, 0.5) is 37.7 Å². The van der Waals surface area contributed by atoms with E-state index in [1.165, 1.54) is 0 Å². The van der Waals surface area contributed by atoms with E-state index in [0.717, 1.165) is 0 Å². The quantitative estimate of drug-likeness (QED) is 0.385. The van der Waals surface area contributed by atoms with Crippen LogP contribution in [0, 0.1) is 20.2 Å². The van der Waals surface area contributed by atoms with E-state index < -0.39 is 66.0 Å². The number of alkyl halides is 6. The topological polar surface area (TPSA) is 124 Å². The summed E-state index contributed by atoms with van der Waals surface area (Å²) in [5.41, 5.74) is -4.73. The van der Waals surface area contributed by atoms with Gasteiger partial charge in [0, 0.05) is 12.3 Å². The van der Waals surface area contributed by atoms with Crippen molar-refractivity contribution in [2.75, 3.05) is 0 Å². The standard InChI is InChI=1S/C13H6Cl2F6N4O4/c14-7-1-4(12(16,17)18)3-23-11(7,22)8-6(24(26)27)2-5(13(19,20)21)9(15)10(8)25(28)29/h1-3,23H,22H2. The van der Waals surface area contributed by atoms with E-state index in [-0.39, 0.29) is 18.3 Å². The van der Waals surface area contributed by atoms with Gasteiger partial charge < -0.3 is 5.32 Å². The van der Waals surface area contributed by atoms with Gasteiger partial charge in [0.1, 0.15) is 5.02 Å². The van der Waals surface area contributed by atoms with Gasteiger partial charge in [-0.25, -0.2) is 0 Å². The van der Waals surface area contributed by atoms with Crippen LogP contribution in [0.25, 0.3) is 0 Å². The Kier molecular flexibility index (Phi) is 5.51. The summed E-state index contributed by atoms with van der Waals surface area (Å²) in [4.78, 5) is 19.8. The van der Waals surface area contributed by atoms with E-state index in [1.54, 1.807) is 0 Å². The zero-order chi connectivity index (χ0) is 22.5. The first kappa shape index (κ1) is 22.7. The highest BCUT2D eigenvalue weighted by Gasteiger charge is 2.50. The lowest BCUT2D eigenvalue weighted by atomic mass is 9.91. The van der Waals surface area contributed by atoms with Crippen LogP contribution < -0.4 is 11.1 Å². The summed E-state index contributed by atoms with van der Waals surface area (Å²) in [6.45, 7) is 0. The zero-order valence-electron chi connectivity index (χ0n) is 13.4. The zero-order valence-corrected chi connectivity index (χ0v) is 14.9. The number of nitrogens with two attached hydrogens (primary N) is 1. The minimum Gasteiger partial charge on any atom is -0.364 e. The largest absolute Gasteiger partial charge is 0.418 e. The molecule has 158 valence electrons. The van der Waals surface area contributed by atoms with Crippen molar-refractivity contribution in [1.82, 2.24) is 5.32 Å². The molecule has 0 saturated heterocycles. The van der Waals surface area contributed by atoms with Crippen LogP contribution in [0.3, 0.4) is 0 Å². The van der Waals surface area contributed by atoms with Crippen molar-refractivity contribution in [3.63, 3.8) is 0 Å². The monoisotopic (exact) mass is 466 g/mol. The third-order valence-electron chi connectivity index (χ3n) is 3.74. The van der Waals surface area contributed by atoms with Gasteiger partial charge in [-0.3, -0.25) is 26.0 Å². The van der Waals surface area contributed by atoms with Crippen LogP contribution in [-0.4, -0.2) is 16.0 Å². The van der Waals surface area contributed by atoms with Crippen LogP contribution in [0.5, 0.6) is 0 Å². The Bertz CT molecular complexity index is 976. The molecule has 2 rings (SSSR count). The first-order chi connectivity index (χ1) is 13.0. The highest BCUT2D eigenvalue weighted by atomic mass is 35.5. The fraction of sp³-hybridized carbons (Fsp3) is 0.231. The molecule has 0 bridgehead atoms. The first-order valence-electron chi connectivity index (χ1n) is 6.96. The lowest BCUT2D eigenvalue weighted by molar-refractivity contribution is -0.396. The number of halogens is 8. The SMILES string of the molecule is NC1(c2c([N+](=O)[O-])cc(C(F)(F)F)c(Cl)c2[N+](=O)[O-])NC=C(C(F)(F)F)C=C1Cl. The molecule has 8 nitrogen and oxygen atoms in total. The molecule has 0 aliphatic carbocycles. The summed E-state index contributed by atoms with van der Waals surface area (Å²) in [5, 5.41) is 22.0. The maximum Gasteiger partial charge on any atom is 0.418 e. The minimum atomic E-state index is -5.32. The molecule has 0 radical (unpaired) electrons. The summed E-state index contributed by atoms with van der Waals surface area (Å²) in [6, 6.07) is -0.117. The third kappa shape index (κ3) is 3.95. The molecule has 0 amide bonds. The van der Waals surface area contributed by atoms with Gasteiger partial charge in [-0.15, -0.1) is 0 Å². The van der Waals surface area contributed by atoms with Gasteiger partial charge >= 0.3 is 18.0 Å². The molecule has 1 atom stereocenters. The fourth-order valence-corrected chi connectivity index (χ4v) is 3.04.